The summed E-state index contributed by atoms with van der Waals surface area (Å²) in [5.41, 5.74) is 8.16. The van der Waals surface area contributed by atoms with Crippen molar-refractivity contribution in [3.05, 3.63) is 173 Å². The molecule has 0 amide bonds. The van der Waals surface area contributed by atoms with Gasteiger partial charge in [0, 0.05) is 47.3 Å². The van der Waals surface area contributed by atoms with E-state index in [4.69, 9.17) is 19.9 Å². The quantitative estimate of drug-likeness (QED) is 0.256. The molecule has 0 aromatic carbocycles. The molecule has 4 nitrogen and oxygen atoms in total. The zero-order valence-electron chi connectivity index (χ0n) is 31.6. The first-order valence-corrected chi connectivity index (χ1v) is 20.9. The van der Waals surface area contributed by atoms with Gasteiger partial charge in [-0.05, 0) is 106 Å². The van der Waals surface area contributed by atoms with E-state index in [1.807, 2.05) is 0 Å². The molecule has 0 saturated carbocycles. The average molecular weight is 711 g/mol. The zero-order valence-corrected chi connectivity index (χ0v) is 31.6. The number of aromatic nitrogens is 4. The van der Waals surface area contributed by atoms with E-state index in [1.54, 1.807) is 0 Å². The molecule has 0 radical (unpaired) electrons. The third-order valence-electron chi connectivity index (χ3n) is 12.8. The van der Waals surface area contributed by atoms with Crippen LogP contribution in [0.3, 0.4) is 0 Å². The molecule has 9 rings (SSSR count). The Morgan fingerprint density at radius 2 is 1.48 bits per heavy atom. The van der Waals surface area contributed by atoms with Crippen molar-refractivity contribution in [2.24, 2.45) is 11.8 Å². The average Bonchev–Trinajstić information content (AvgIpc) is 3.27. The molecule has 4 heteroatoms. The van der Waals surface area contributed by atoms with Crippen molar-refractivity contribution < 1.29 is 0 Å². The summed E-state index contributed by atoms with van der Waals surface area (Å²) in [4.78, 5) is 21.2. The van der Waals surface area contributed by atoms with Crippen molar-refractivity contribution in [1.82, 2.24) is 19.9 Å². The Bertz CT molecular complexity index is 2060. The van der Waals surface area contributed by atoms with Crippen LogP contribution < -0.4 is 0 Å². The largest absolute Gasteiger partial charge is 0.260 e. The van der Waals surface area contributed by atoms with E-state index in [2.05, 4.69) is 128 Å². The van der Waals surface area contributed by atoms with Crippen LogP contribution in [0.25, 0.3) is 5.57 Å². The van der Waals surface area contributed by atoms with Gasteiger partial charge in [-0.3, -0.25) is 4.98 Å². The molecule has 54 heavy (non-hydrogen) atoms. The van der Waals surface area contributed by atoms with Crippen LogP contribution in [0, 0.1) is 11.8 Å². The minimum Gasteiger partial charge on any atom is -0.260 e. The monoisotopic (exact) mass is 710 g/mol. The van der Waals surface area contributed by atoms with E-state index < -0.39 is 0 Å². The topological polar surface area (TPSA) is 51.6 Å². The third-order valence-corrected chi connectivity index (χ3v) is 12.8. The highest BCUT2D eigenvalue weighted by Gasteiger charge is 2.30. The summed E-state index contributed by atoms with van der Waals surface area (Å²) >= 11 is 0. The molecule has 0 aliphatic heterocycles. The lowest BCUT2D eigenvalue weighted by Gasteiger charge is -2.29. The third kappa shape index (κ3) is 7.76. The molecule has 7 aliphatic rings. The molecule has 0 fully saturated rings. The van der Waals surface area contributed by atoms with Gasteiger partial charge in [0.25, 0.3) is 0 Å². The molecule has 0 bridgehead atoms. The number of allylic oxidation sites excluding steroid dienone is 22. The van der Waals surface area contributed by atoms with Gasteiger partial charge in [0.1, 0.15) is 11.6 Å². The number of hydrogen-bond donors (Lipinski definition) is 0. The van der Waals surface area contributed by atoms with Crippen LogP contribution >= 0.6 is 0 Å². The van der Waals surface area contributed by atoms with E-state index in [-0.39, 0.29) is 17.8 Å². The summed E-state index contributed by atoms with van der Waals surface area (Å²) < 4.78 is 0. The van der Waals surface area contributed by atoms with Crippen molar-refractivity contribution >= 4 is 5.57 Å². The fraction of sp³-hybridized carbons (Fsp3) is 0.400. The number of rotatable bonds is 8. The maximum atomic E-state index is 5.35. The van der Waals surface area contributed by atoms with E-state index >= 15 is 0 Å². The summed E-state index contributed by atoms with van der Waals surface area (Å²) in [6, 6.07) is 2.51. The van der Waals surface area contributed by atoms with E-state index in [1.165, 1.54) is 53.7 Å². The van der Waals surface area contributed by atoms with E-state index in [9.17, 15) is 0 Å². The summed E-state index contributed by atoms with van der Waals surface area (Å²) in [7, 11) is 0. The summed E-state index contributed by atoms with van der Waals surface area (Å²) in [5.74, 6) is 5.20. The molecule has 0 spiro atoms. The molecular formula is C50H54N4. The second-order valence-electron chi connectivity index (χ2n) is 16.4. The van der Waals surface area contributed by atoms with Gasteiger partial charge >= 0.3 is 0 Å². The summed E-state index contributed by atoms with van der Waals surface area (Å²) in [6.45, 7) is 0. The molecule has 274 valence electrons. The maximum absolute atomic E-state index is 5.35. The van der Waals surface area contributed by atoms with Crippen LogP contribution in [0.1, 0.15) is 147 Å². The predicted octanol–water partition coefficient (Wildman–Crippen LogP) is 12.5. The molecule has 7 atom stereocenters. The molecule has 2 aromatic heterocycles. The first-order valence-electron chi connectivity index (χ1n) is 20.9. The molecular weight excluding hydrogens is 657 g/mol. The fourth-order valence-corrected chi connectivity index (χ4v) is 9.63. The van der Waals surface area contributed by atoms with Crippen molar-refractivity contribution in [2.75, 3.05) is 0 Å². The van der Waals surface area contributed by atoms with E-state index in [0.29, 0.717) is 23.7 Å². The predicted molar refractivity (Wildman–Crippen MR) is 222 cm³/mol. The van der Waals surface area contributed by atoms with Gasteiger partial charge in [0.2, 0.25) is 0 Å². The van der Waals surface area contributed by atoms with Crippen LogP contribution in [-0.4, -0.2) is 19.9 Å². The van der Waals surface area contributed by atoms with Crippen molar-refractivity contribution in [3.8, 4) is 0 Å². The van der Waals surface area contributed by atoms with Crippen LogP contribution in [0.4, 0.5) is 0 Å². The van der Waals surface area contributed by atoms with Gasteiger partial charge < -0.3 is 0 Å². The SMILES string of the molecule is C1=CCCC(C2C=CC(c3nc(C4C=CC(C5C=CCCC5)=CC4)nc(C4CC=CC(c5ncc(C6C=CC=CC6)cc5C5CC=CCC5)C4)n3)=CC2)=C1. The lowest BCUT2D eigenvalue weighted by molar-refractivity contribution is 0.515. The Hall–Kier alpha value is -4.70. The molecule has 2 heterocycles. The Kier molecular flexibility index (Phi) is 10.6. The van der Waals surface area contributed by atoms with Crippen molar-refractivity contribution in [3.63, 3.8) is 0 Å². The Morgan fingerprint density at radius 3 is 2.26 bits per heavy atom. The minimum absolute atomic E-state index is 0.153. The standard InChI is InChI=1S/C50H54N4/c1-5-14-35(15-6-1)38-24-28-41(29-25-38)48-52-49(42-30-26-39(27-31-42)36-16-7-2-8-17-36)54-50(53-48)44-23-13-22-43(32-44)47-46(40-20-11-4-12-21-40)33-45(34-51-47)37-18-9-3-10-19-37/h1,3-5,7,9-11,13-14,16,18,22,24,26-30,33-34,36-38,40,42-44H,2,6,8,12,15,17,19-21,23,25,31-32H2. The normalized spacial score (nSPS) is 30.3. The highest BCUT2D eigenvalue weighted by atomic mass is 15.0. The Balaban J connectivity index is 1.02. The highest BCUT2D eigenvalue weighted by molar-refractivity contribution is 5.71. The van der Waals surface area contributed by atoms with Gasteiger partial charge in [-0.25, -0.2) is 15.0 Å². The van der Waals surface area contributed by atoms with Gasteiger partial charge in [0.05, 0.1) is 5.69 Å². The Labute approximate surface area is 322 Å². The highest BCUT2D eigenvalue weighted by Crippen LogP contribution is 2.43. The number of pyridine rings is 1. The van der Waals surface area contributed by atoms with Gasteiger partial charge in [-0.2, -0.15) is 0 Å². The van der Waals surface area contributed by atoms with Crippen LogP contribution in [0.2, 0.25) is 0 Å². The maximum Gasteiger partial charge on any atom is 0.163 e. The minimum atomic E-state index is 0.153. The molecule has 7 unspecified atom stereocenters. The molecule has 2 aromatic rings. The summed E-state index contributed by atoms with van der Waals surface area (Å²) in [5, 5.41) is 0. The number of nitrogens with zero attached hydrogens (tertiary/aromatic N) is 4. The zero-order chi connectivity index (χ0) is 36.1. The molecule has 0 saturated heterocycles. The van der Waals surface area contributed by atoms with Gasteiger partial charge in [-0.1, -0.05) is 127 Å². The van der Waals surface area contributed by atoms with E-state index in [0.717, 1.165) is 80.8 Å². The van der Waals surface area contributed by atoms with Gasteiger partial charge in [-0.15, -0.1) is 0 Å². The lowest BCUT2D eigenvalue weighted by Crippen LogP contribution is -2.19. The van der Waals surface area contributed by atoms with Crippen LogP contribution in [-0.2, 0) is 0 Å². The van der Waals surface area contributed by atoms with Crippen LogP contribution in [0.15, 0.2) is 139 Å². The van der Waals surface area contributed by atoms with Crippen molar-refractivity contribution in [2.45, 2.75) is 113 Å². The molecule has 0 N–H and O–H groups in total. The second kappa shape index (κ2) is 16.3. The Morgan fingerprint density at radius 1 is 0.574 bits per heavy atom. The van der Waals surface area contributed by atoms with Crippen LogP contribution in [0.5, 0.6) is 0 Å². The first-order chi connectivity index (χ1) is 26.7. The van der Waals surface area contributed by atoms with Gasteiger partial charge in [0.15, 0.2) is 5.82 Å². The lowest BCUT2D eigenvalue weighted by atomic mass is 9.78. The smallest absolute Gasteiger partial charge is 0.163 e. The fourth-order valence-electron chi connectivity index (χ4n) is 9.63. The summed E-state index contributed by atoms with van der Waals surface area (Å²) in [6.07, 6.45) is 60.7. The second-order valence-corrected chi connectivity index (χ2v) is 16.4. The van der Waals surface area contributed by atoms with Crippen molar-refractivity contribution in [1.29, 1.82) is 0 Å². The molecule has 7 aliphatic carbocycles. The first kappa shape index (κ1) is 35.0. The number of hydrogen-bond acceptors (Lipinski definition) is 4.